The smallest absolute Gasteiger partial charge is 0.138 e. The number of aliphatic hydroxyl groups excluding tert-OH is 1. The highest BCUT2D eigenvalue weighted by atomic mass is 16.3. The summed E-state index contributed by atoms with van der Waals surface area (Å²) in [7, 11) is 0. The van der Waals surface area contributed by atoms with E-state index >= 15 is 0 Å². The largest absolute Gasteiger partial charge is 0.394 e. The van der Waals surface area contributed by atoms with Gasteiger partial charge in [-0.25, -0.2) is 9.97 Å². The quantitative estimate of drug-likeness (QED) is 0.828. The highest BCUT2D eigenvalue weighted by Gasteiger charge is 2.27. The third-order valence-electron chi connectivity index (χ3n) is 3.29. The van der Waals surface area contributed by atoms with Gasteiger partial charge in [0.1, 0.15) is 17.5 Å². The fraction of sp³-hybridized carbons (Fsp3) is 0.692. The molecule has 5 heteroatoms. The van der Waals surface area contributed by atoms with E-state index in [1.165, 1.54) is 0 Å². The molecule has 18 heavy (non-hydrogen) atoms. The third-order valence-corrected chi connectivity index (χ3v) is 3.29. The normalized spacial score (nSPS) is 20.4. The maximum Gasteiger partial charge on any atom is 0.138 e. The van der Waals surface area contributed by atoms with Crippen LogP contribution < -0.4 is 10.6 Å². The van der Waals surface area contributed by atoms with Gasteiger partial charge >= 0.3 is 0 Å². The molecule has 1 unspecified atom stereocenters. The lowest BCUT2D eigenvalue weighted by atomic mass is 9.96. The molecule has 1 aliphatic rings. The van der Waals surface area contributed by atoms with Crippen LogP contribution >= 0.6 is 0 Å². The lowest BCUT2D eigenvalue weighted by Gasteiger charge is -2.26. The van der Waals surface area contributed by atoms with Crippen molar-refractivity contribution < 1.29 is 5.11 Å². The molecule has 0 amide bonds. The van der Waals surface area contributed by atoms with E-state index in [-0.39, 0.29) is 18.1 Å². The maximum absolute atomic E-state index is 9.38. The van der Waals surface area contributed by atoms with Crippen LogP contribution in [0.1, 0.15) is 39.4 Å². The van der Waals surface area contributed by atoms with Crippen LogP contribution in [0.25, 0.3) is 0 Å². The molecular formula is C13H22N4O. The first-order valence-electron chi connectivity index (χ1n) is 6.44. The SMILES string of the molecule is CC(C)(C)c1nc(N)cc(N2CCCC2CO)n1. The predicted molar refractivity (Wildman–Crippen MR) is 72.6 cm³/mol. The second kappa shape index (κ2) is 4.72. The molecule has 0 aliphatic carbocycles. The van der Waals surface area contributed by atoms with Crippen LogP contribution in [-0.4, -0.2) is 34.3 Å². The lowest BCUT2D eigenvalue weighted by molar-refractivity contribution is 0.266. The Kier molecular flexibility index (Phi) is 3.43. The van der Waals surface area contributed by atoms with E-state index < -0.39 is 0 Å². The number of aromatic nitrogens is 2. The molecule has 1 aromatic heterocycles. The first kappa shape index (κ1) is 13.1. The summed E-state index contributed by atoms with van der Waals surface area (Å²) in [6, 6.07) is 1.95. The van der Waals surface area contributed by atoms with Crippen molar-refractivity contribution in [3.05, 3.63) is 11.9 Å². The van der Waals surface area contributed by atoms with Crippen LogP contribution in [0.2, 0.25) is 0 Å². The van der Waals surface area contributed by atoms with Gasteiger partial charge in [-0.3, -0.25) is 0 Å². The summed E-state index contributed by atoms with van der Waals surface area (Å²) in [6.07, 6.45) is 2.09. The molecule has 0 spiro atoms. The summed E-state index contributed by atoms with van der Waals surface area (Å²) < 4.78 is 0. The Morgan fingerprint density at radius 3 is 2.78 bits per heavy atom. The molecule has 1 aliphatic heterocycles. The van der Waals surface area contributed by atoms with E-state index in [2.05, 4.69) is 35.6 Å². The van der Waals surface area contributed by atoms with Crippen molar-refractivity contribution in [2.24, 2.45) is 0 Å². The average molecular weight is 250 g/mol. The van der Waals surface area contributed by atoms with Crippen LogP contribution in [0.3, 0.4) is 0 Å². The monoisotopic (exact) mass is 250 g/mol. The van der Waals surface area contributed by atoms with Gasteiger partial charge in [0.15, 0.2) is 0 Å². The van der Waals surface area contributed by atoms with Gasteiger partial charge in [-0.15, -0.1) is 0 Å². The number of aliphatic hydroxyl groups is 1. The molecule has 0 saturated carbocycles. The van der Waals surface area contributed by atoms with Crippen molar-refractivity contribution in [1.82, 2.24) is 9.97 Å². The van der Waals surface area contributed by atoms with E-state index in [0.717, 1.165) is 31.0 Å². The molecule has 100 valence electrons. The van der Waals surface area contributed by atoms with Crippen molar-refractivity contribution in [2.75, 3.05) is 23.8 Å². The zero-order valence-corrected chi connectivity index (χ0v) is 11.3. The Bertz CT molecular complexity index is 427. The van der Waals surface area contributed by atoms with E-state index in [0.29, 0.717) is 5.82 Å². The molecule has 1 atom stereocenters. The van der Waals surface area contributed by atoms with Crippen LogP contribution in [0.15, 0.2) is 6.07 Å². The number of rotatable bonds is 2. The molecule has 1 aromatic rings. The van der Waals surface area contributed by atoms with Crippen LogP contribution in [0, 0.1) is 0 Å². The second-order valence-corrected chi connectivity index (χ2v) is 5.90. The number of nitrogens with two attached hydrogens (primary N) is 1. The fourth-order valence-electron chi connectivity index (χ4n) is 2.26. The maximum atomic E-state index is 9.38. The Hall–Kier alpha value is -1.36. The van der Waals surface area contributed by atoms with Crippen LogP contribution in [0.4, 0.5) is 11.6 Å². The predicted octanol–water partition coefficient (Wildman–Crippen LogP) is 1.32. The minimum atomic E-state index is -0.126. The van der Waals surface area contributed by atoms with E-state index in [1.807, 2.05) is 0 Å². The summed E-state index contributed by atoms with van der Waals surface area (Å²) in [5.74, 6) is 2.08. The number of hydrogen-bond acceptors (Lipinski definition) is 5. The van der Waals surface area contributed by atoms with E-state index in [9.17, 15) is 5.11 Å². The fourth-order valence-corrected chi connectivity index (χ4v) is 2.26. The topological polar surface area (TPSA) is 75.3 Å². The molecule has 1 fully saturated rings. The van der Waals surface area contributed by atoms with Gasteiger partial charge in [0, 0.05) is 18.0 Å². The number of nitrogens with zero attached hydrogens (tertiary/aromatic N) is 3. The summed E-state index contributed by atoms with van der Waals surface area (Å²) >= 11 is 0. The van der Waals surface area contributed by atoms with Crippen LogP contribution in [0.5, 0.6) is 0 Å². The Morgan fingerprint density at radius 1 is 1.44 bits per heavy atom. The molecule has 0 aromatic carbocycles. The van der Waals surface area contributed by atoms with Crippen LogP contribution in [-0.2, 0) is 5.41 Å². The van der Waals surface area contributed by atoms with Gasteiger partial charge in [0.05, 0.1) is 12.6 Å². The van der Waals surface area contributed by atoms with Gasteiger partial charge in [-0.05, 0) is 12.8 Å². The van der Waals surface area contributed by atoms with Crippen molar-refractivity contribution in [3.63, 3.8) is 0 Å². The summed E-state index contributed by atoms with van der Waals surface area (Å²) in [5.41, 5.74) is 5.74. The van der Waals surface area contributed by atoms with Gasteiger partial charge in [0.25, 0.3) is 0 Å². The van der Waals surface area contributed by atoms with Gasteiger partial charge in [0.2, 0.25) is 0 Å². The second-order valence-electron chi connectivity index (χ2n) is 5.90. The average Bonchev–Trinajstić information content (AvgIpc) is 2.74. The minimum Gasteiger partial charge on any atom is -0.394 e. The van der Waals surface area contributed by atoms with E-state index in [4.69, 9.17) is 5.73 Å². The van der Waals surface area contributed by atoms with Crippen molar-refractivity contribution >= 4 is 11.6 Å². The molecule has 0 bridgehead atoms. The van der Waals surface area contributed by atoms with Gasteiger partial charge < -0.3 is 15.7 Å². The summed E-state index contributed by atoms with van der Waals surface area (Å²) in [5, 5.41) is 9.38. The Morgan fingerprint density at radius 2 is 2.17 bits per heavy atom. The standard InChI is InChI=1S/C13H22N4O/c1-13(2,3)12-15-10(14)7-11(16-12)17-6-4-5-9(17)8-18/h7,9,18H,4-6,8H2,1-3H3,(H2,14,15,16). The number of hydrogen-bond donors (Lipinski definition) is 2. The minimum absolute atomic E-state index is 0.126. The number of nitrogen functional groups attached to an aromatic ring is 1. The number of anilines is 2. The first-order chi connectivity index (χ1) is 8.41. The van der Waals surface area contributed by atoms with Gasteiger partial charge in [-0.1, -0.05) is 20.8 Å². The third kappa shape index (κ3) is 2.56. The molecule has 5 nitrogen and oxygen atoms in total. The van der Waals surface area contributed by atoms with Crippen molar-refractivity contribution in [1.29, 1.82) is 0 Å². The highest BCUT2D eigenvalue weighted by Crippen LogP contribution is 2.27. The molecule has 2 heterocycles. The first-order valence-corrected chi connectivity index (χ1v) is 6.44. The van der Waals surface area contributed by atoms with Crippen molar-refractivity contribution in [3.8, 4) is 0 Å². The molecule has 2 rings (SSSR count). The summed E-state index contributed by atoms with van der Waals surface area (Å²) in [6.45, 7) is 7.29. The highest BCUT2D eigenvalue weighted by molar-refractivity contribution is 5.49. The van der Waals surface area contributed by atoms with Crippen molar-refractivity contribution in [2.45, 2.75) is 45.1 Å². The van der Waals surface area contributed by atoms with E-state index in [1.54, 1.807) is 6.07 Å². The lowest BCUT2D eigenvalue weighted by Crippen LogP contribution is -2.33. The zero-order chi connectivity index (χ0) is 13.3. The molecule has 0 radical (unpaired) electrons. The van der Waals surface area contributed by atoms with Gasteiger partial charge in [-0.2, -0.15) is 0 Å². The zero-order valence-electron chi connectivity index (χ0n) is 11.3. The Balaban J connectivity index is 2.36. The molecule has 1 saturated heterocycles. The molecule has 3 N–H and O–H groups in total. The summed E-state index contributed by atoms with van der Waals surface area (Å²) in [4.78, 5) is 11.0. The molecular weight excluding hydrogens is 228 g/mol. The Labute approximate surface area is 108 Å².